The molecule has 1 heterocycles. The first-order chi connectivity index (χ1) is 5.96. The SMILES string of the molecule is B[C@@H]1OC[C@@H](OP(=S)(S)OC)[C@@H]1C. The second-order valence-electron chi connectivity index (χ2n) is 3.19. The predicted molar refractivity (Wildman–Crippen MR) is 62.6 cm³/mol. The van der Waals surface area contributed by atoms with E-state index in [4.69, 9.17) is 25.6 Å². The quantitative estimate of drug-likeness (QED) is 0.448. The summed E-state index contributed by atoms with van der Waals surface area (Å²) in [6.07, 6.45) is 0.0262. The zero-order valence-corrected chi connectivity index (χ0v) is 10.6. The number of rotatable bonds is 3. The smallest absolute Gasteiger partial charge is 0.244 e. The largest absolute Gasteiger partial charge is 0.384 e. The molecule has 0 saturated carbocycles. The average molecular weight is 240 g/mol. The molecule has 1 fully saturated rings. The lowest BCUT2D eigenvalue weighted by Gasteiger charge is -2.21. The van der Waals surface area contributed by atoms with E-state index in [0.29, 0.717) is 12.5 Å². The van der Waals surface area contributed by atoms with Crippen molar-refractivity contribution in [1.29, 1.82) is 0 Å². The van der Waals surface area contributed by atoms with Gasteiger partial charge in [0.25, 0.3) is 0 Å². The molecule has 1 aliphatic rings. The molecule has 0 bridgehead atoms. The Morgan fingerprint density at radius 2 is 2.31 bits per heavy atom. The van der Waals surface area contributed by atoms with E-state index in [1.165, 1.54) is 7.11 Å². The van der Waals surface area contributed by atoms with Gasteiger partial charge in [-0.1, -0.05) is 19.2 Å². The zero-order valence-electron chi connectivity index (χ0n) is 7.97. The van der Waals surface area contributed by atoms with E-state index in [0.717, 1.165) is 0 Å². The molecule has 1 rings (SSSR count). The maximum atomic E-state index is 5.57. The highest BCUT2D eigenvalue weighted by Gasteiger charge is 2.34. The van der Waals surface area contributed by atoms with Gasteiger partial charge in [0.1, 0.15) is 7.85 Å². The first-order valence-corrected chi connectivity index (χ1v) is 7.94. The monoisotopic (exact) mass is 240 g/mol. The highest BCUT2D eigenvalue weighted by molar-refractivity contribution is 8.60. The van der Waals surface area contributed by atoms with Crippen molar-refractivity contribution < 1.29 is 13.8 Å². The molecule has 0 aromatic carbocycles. The number of hydrogen-bond acceptors (Lipinski definition) is 4. The van der Waals surface area contributed by atoms with Crippen molar-refractivity contribution in [3.63, 3.8) is 0 Å². The van der Waals surface area contributed by atoms with Crippen molar-refractivity contribution in [1.82, 2.24) is 0 Å². The Bertz CT molecular complexity index is 228. The molecule has 7 heteroatoms. The summed E-state index contributed by atoms with van der Waals surface area (Å²) >= 11 is 9.21. The fourth-order valence-electron chi connectivity index (χ4n) is 1.19. The molecular weight excluding hydrogens is 226 g/mol. The highest BCUT2D eigenvalue weighted by Crippen LogP contribution is 2.54. The fourth-order valence-corrected chi connectivity index (χ4v) is 2.57. The van der Waals surface area contributed by atoms with Crippen LogP contribution in [0.25, 0.3) is 0 Å². The number of hydrogen-bond donors (Lipinski definition) is 1. The van der Waals surface area contributed by atoms with Gasteiger partial charge in [0.05, 0.1) is 12.7 Å². The molecule has 0 aliphatic carbocycles. The lowest BCUT2D eigenvalue weighted by molar-refractivity contribution is 0.129. The van der Waals surface area contributed by atoms with Gasteiger partial charge in [-0.2, -0.15) is 0 Å². The molecular formula is C6H14BO3PS2. The van der Waals surface area contributed by atoms with E-state index in [-0.39, 0.29) is 12.1 Å². The summed E-state index contributed by atoms with van der Waals surface area (Å²) in [7, 11) is 3.56. The molecule has 13 heavy (non-hydrogen) atoms. The van der Waals surface area contributed by atoms with Gasteiger partial charge in [0, 0.05) is 19.0 Å². The summed E-state index contributed by atoms with van der Waals surface area (Å²) in [6, 6.07) is 0.227. The Morgan fingerprint density at radius 1 is 1.69 bits per heavy atom. The molecule has 0 aromatic heterocycles. The minimum atomic E-state index is -2.34. The van der Waals surface area contributed by atoms with Gasteiger partial charge in [-0.25, -0.2) is 0 Å². The Labute approximate surface area is 90.2 Å². The highest BCUT2D eigenvalue weighted by atomic mass is 32.9. The van der Waals surface area contributed by atoms with E-state index >= 15 is 0 Å². The van der Waals surface area contributed by atoms with Crippen molar-refractivity contribution in [3.8, 4) is 0 Å². The molecule has 0 radical (unpaired) electrons. The van der Waals surface area contributed by atoms with E-state index in [1.807, 2.05) is 7.85 Å². The van der Waals surface area contributed by atoms with Crippen molar-refractivity contribution in [2.24, 2.45) is 5.92 Å². The van der Waals surface area contributed by atoms with Gasteiger partial charge in [-0.15, -0.1) is 0 Å². The number of ether oxygens (including phenoxy) is 1. The van der Waals surface area contributed by atoms with Crippen molar-refractivity contribution in [3.05, 3.63) is 0 Å². The third kappa shape index (κ3) is 3.22. The molecule has 76 valence electrons. The normalized spacial score (nSPS) is 38.8. The topological polar surface area (TPSA) is 27.7 Å². The van der Waals surface area contributed by atoms with Crippen LogP contribution in [0.3, 0.4) is 0 Å². The molecule has 0 amide bonds. The lowest BCUT2D eigenvalue weighted by atomic mass is 9.87. The third-order valence-electron chi connectivity index (χ3n) is 2.35. The van der Waals surface area contributed by atoms with Crippen LogP contribution in [0.5, 0.6) is 0 Å². The molecule has 0 spiro atoms. The Morgan fingerprint density at radius 3 is 2.69 bits per heavy atom. The standard InChI is InChI=1S/C6H14BO3PS2/c1-4-5(3-9-6(4)7)10-11(12,13)8-2/h4-6H,3,7H2,1-2H3,(H,12,13)/t4-,5+,6+/m0/s1. The van der Waals surface area contributed by atoms with Crippen molar-refractivity contribution in [2.45, 2.75) is 19.0 Å². The van der Waals surface area contributed by atoms with Crippen LogP contribution in [-0.4, -0.2) is 33.7 Å². The molecule has 3 nitrogen and oxygen atoms in total. The van der Waals surface area contributed by atoms with Gasteiger partial charge in [0.2, 0.25) is 5.69 Å². The Hall–Kier alpha value is 0.945. The maximum absolute atomic E-state index is 5.57. The third-order valence-corrected chi connectivity index (χ3v) is 4.83. The van der Waals surface area contributed by atoms with Gasteiger partial charge in [-0.3, -0.25) is 0 Å². The molecule has 1 saturated heterocycles. The van der Waals surface area contributed by atoms with Gasteiger partial charge < -0.3 is 13.8 Å². The summed E-state index contributed by atoms with van der Waals surface area (Å²) in [5, 5.41) is 0. The van der Waals surface area contributed by atoms with Gasteiger partial charge in [0.15, 0.2) is 0 Å². The summed E-state index contributed by atoms with van der Waals surface area (Å²) in [5.74, 6) is 0.352. The summed E-state index contributed by atoms with van der Waals surface area (Å²) in [6.45, 7) is 2.67. The van der Waals surface area contributed by atoms with E-state index in [9.17, 15) is 0 Å². The van der Waals surface area contributed by atoms with Crippen LogP contribution in [0.2, 0.25) is 0 Å². The van der Waals surface area contributed by atoms with Crippen LogP contribution < -0.4 is 0 Å². The second-order valence-corrected chi connectivity index (χ2v) is 8.54. The first kappa shape index (κ1) is 12.0. The van der Waals surface area contributed by atoms with Crippen LogP contribution >= 0.6 is 17.9 Å². The lowest BCUT2D eigenvalue weighted by Crippen LogP contribution is -2.22. The van der Waals surface area contributed by atoms with E-state index < -0.39 is 5.69 Å². The van der Waals surface area contributed by atoms with Crippen molar-refractivity contribution in [2.75, 3.05) is 13.7 Å². The first-order valence-electron chi connectivity index (χ1n) is 4.15. The predicted octanol–water partition coefficient (Wildman–Crippen LogP) is 0.798. The molecule has 1 aliphatic heterocycles. The average Bonchev–Trinajstić information content (AvgIpc) is 2.36. The maximum Gasteiger partial charge on any atom is 0.244 e. The number of thiol groups is 1. The fraction of sp³-hybridized carbons (Fsp3) is 1.00. The van der Waals surface area contributed by atoms with Crippen LogP contribution in [0, 0.1) is 5.92 Å². The van der Waals surface area contributed by atoms with Gasteiger partial charge in [-0.05, 0) is 11.8 Å². The Balaban J connectivity index is 2.51. The summed E-state index contributed by atoms with van der Waals surface area (Å²) < 4.78 is 16.0. The molecule has 0 aromatic rings. The zero-order chi connectivity index (χ0) is 10.1. The molecule has 4 atom stereocenters. The minimum Gasteiger partial charge on any atom is -0.384 e. The second kappa shape index (κ2) is 4.64. The summed E-state index contributed by atoms with van der Waals surface area (Å²) in [5.41, 5.74) is -2.34. The van der Waals surface area contributed by atoms with Crippen LogP contribution in [0.15, 0.2) is 0 Å². The van der Waals surface area contributed by atoms with E-state index in [2.05, 4.69) is 19.2 Å². The van der Waals surface area contributed by atoms with Crippen LogP contribution in [0.1, 0.15) is 6.92 Å². The molecule has 0 N–H and O–H groups in total. The minimum absolute atomic E-state index is 0.0262. The van der Waals surface area contributed by atoms with Crippen LogP contribution in [-0.2, 0) is 25.6 Å². The van der Waals surface area contributed by atoms with Gasteiger partial charge >= 0.3 is 0 Å². The van der Waals surface area contributed by atoms with E-state index in [1.54, 1.807) is 0 Å². The summed E-state index contributed by atoms with van der Waals surface area (Å²) in [4.78, 5) is 0. The Kier molecular flexibility index (Phi) is 4.29. The van der Waals surface area contributed by atoms with Crippen molar-refractivity contribution >= 4 is 37.6 Å². The molecule has 1 unspecified atom stereocenters. The van der Waals surface area contributed by atoms with Crippen LogP contribution in [0.4, 0.5) is 0 Å².